The Kier molecular flexibility index (Phi) is 7.41. The van der Waals surface area contributed by atoms with Crippen LogP contribution in [0.3, 0.4) is 0 Å². The van der Waals surface area contributed by atoms with Gasteiger partial charge < -0.3 is 14.8 Å². The van der Waals surface area contributed by atoms with Gasteiger partial charge in [-0.15, -0.1) is 0 Å². The van der Waals surface area contributed by atoms with Crippen molar-refractivity contribution in [2.75, 3.05) is 20.3 Å². The van der Waals surface area contributed by atoms with Crippen LogP contribution in [0.25, 0.3) is 0 Å². The van der Waals surface area contributed by atoms with Crippen molar-refractivity contribution in [3.8, 4) is 5.75 Å². The molecule has 0 unspecified atom stereocenters. The lowest BCUT2D eigenvalue weighted by molar-refractivity contribution is -0.110. The molecule has 0 spiro atoms. The zero-order valence-corrected chi connectivity index (χ0v) is 12.9. The Balaban J connectivity index is 2.84. The van der Waals surface area contributed by atoms with E-state index in [-0.39, 0.29) is 12.0 Å². The topological polar surface area (TPSA) is 47.6 Å². The van der Waals surface area contributed by atoms with Crippen LogP contribution < -0.4 is 10.1 Å². The van der Waals surface area contributed by atoms with E-state index in [1.165, 1.54) is 0 Å². The molecular formula is C15H22ClNO3. The summed E-state index contributed by atoms with van der Waals surface area (Å²) in [6, 6.07) is 5.81. The summed E-state index contributed by atoms with van der Waals surface area (Å²) in [6.45, 7) is 5.09. The van der Waals surface area contributed by atoms with Crippen molar-refractivity contribution in [3.63, 3.8) is 0 Å². The van der Waals surface area contributed by atoms with E-state index in [0.29, 0.717) is 24.0 Å². The molecule has 5 heteroatoms. The molecule has 1 N–H and O–H groups in total. The first-order chi connectivity index (χ1) is 9.63. The van der Waals surface area contributed by atoms with E-state index in [0.717, 1.165) is 18.4 Å². The molecule has 0 radical (unpaired) electrons. The minimum atomic E-state index is 0.0977. The summed E-state index contributed by atoms with van der Waals surface area (Å²) in [6.07, 6.45) is 1.61. The molecular weight excluding hydrogens is 278 g/mol. The molecule has 1 amide bonds. The number of hydrogen-bond donors (Lipinski definition) is 1. The van der Waals surface area contributed by atoms with E-state index in [1.807, 2.05) is 25.1 Å². The second-order valence-corrected chi connectivity index (χ2v) is 5.03. The number of carbonyl (C=O) groups is 1. The van der Waals surface area contributed by atoms with Crippen molar-refractivity contribution >= 4 is 18.0 Å². The monoisotopic (exact) mass is 299 g/mol. The van der Waals surface area contributed by atoms with Crippen molar-refractivity contribution in [2.45, 2.75) is 32.2 Å². The minimum absolute atomic E-state index is 0.0977. The minimum Gasteiger partial charge on any atom is -0.490 e. The Bertz CT molecular complexity index is 426. The number of nitrogens with one attached hydrogen (secondary N) is 1. The highest BCUT2D eigenvalue weighted by Crippen LogP contribution is 2.30. The third kappa shape index (κ3) is 4.69. The molecule has 0 aromatic heterocycles. The molecule has 0 bridgehead atoms. The SMILES string of the molecule is CC[C@@H](NC=O)[C@H](C)c1ccc(Cl)c(OCCOC)c1. The number of rotatable bonds is 9. The van der Waals surface area contributed by atoms with E-state index in [1.54, 1.807) is 7.11 Å². The van der Waals surface area contributed by atoms with Gasteiger partial charge in [0.1, 0.15) is 12.4 Å². The first-order valence-electron chi connectivity index (χ1n) is 6.74. The van der Waals surface area contributed by atoms with Crippen LogP contribution in [0.4, 0.5) is 0 Å². The fraction of sp³-hybridized carbons (Fsp3) is 0.533. The average Bonchev–Trinajstić information content (AvgIpc) is 2.46. The number of hydrogen-bond acceptors (Lipinski definition) is 3. The van der Waals surface area contributed by atoms with Gasteiger partial charge in [0.2, 0.25) is 6.41 Å². The molecule has 0 saturated heterocycles. The molecule has 0 aliphatic carbocycles. The van der Waals surface area contributed by atoms with Crippen molar-refractivity contribution in [1.29, 1.82) is 0 Å². The highest BCUT2D eigenvalue weighted by molar-refractivity contribution is 6.32. The highest BCUT2D eigenvalue weighted by atomic mass is 35.5. The summed E-state index contributed by atoms with van der Waals surface area (Å²) < 4.78 is 10.5. The van der Waals surface area contributed by atoms with Gasteiger partial charge >= 0.3 is 0 Å². The standard InChI is InChI=1S/C15H22ClNO3/c1-4-14(17-10-18)11(2)12-5-6-13(16)15(9-12)20-8-7-19-3/h5-6,9-11,14H,4,7-8H2,1-3H3,(H,17,18)/t11-,14-/m1/s1. The summed E-state index contributed by atoms with van der Waals surface area (Å²) >= 11 is 6.12. The quantitative estimate of drug-likeness (QED) is 0.563. The molecule has 0 fully saturated rings. The number of carbonyl (C=O) groups excluding carboxylic acids is 1. The molecule has 2 atom stereocenters. The van der Waals surface area contributed by atoms with Gasteiger partial charge in [0, 0.05) is 19.1 Å². The van der Waals surface area contributed by atoms with Gasteiger partial charge in [-0.05, 0) is 24.1 Å². The van der Waals surface area contributed by atoms with E-state index in [2.05, 4.69) is 12.2 Å². The van der Waals surface area contributed by atoms with Crippen LogP contribution in [0.5, 0.6) is 5.75 Å². The predicted octanol–water partition coefficient (Wildman–Crippen LogP) is 2.99. The highest BCUT2D eigenvalue weighted by Gasteiger charge is 2.17. The number of halogens is 1. The molecule has 112 valence electrons. The number of ether oxygens (including phenoxy) is 2. The van der Waals surface area contributed by atoms with Crippen molar-refractivity contribution in [3.05, 3.63) is 28.8 Å². The Morgan fingerprint density at radius 2 is 2.15 bits per heavy atom. The zero-order chi connectivity index (χ0) is 15.0. The van der Waals surface area contributed by atoms with E-state index in [4.69, 9.17) is 21.1 Å². The molecule has 1 aromatic carbocycles. The lowest BCUT2D eigenvalue weighted by Crippen LogP contribution is -2.32. The van der Waals surface area contributed by atoms with Crippen LogP contribution in [-0.2, 0) is 9.53 Å². The number of methoxy groups -OCH3 is 1. The smallest absolute Gasteiger partial charge is 0.207 e. The molecule has 1 rings (SSSR count). The van der Waals surface area contributed by atoms with Gasteiger partial charge in [-0.2, -0.15) is 0 Å². The first kappa shape index (κ1) is 16.8. The first-order valence-corrected chi connectivity index (χ1v) is 7.12. The van der Waals surface area contributed by atoms with Crippen LogP contribution in [0.15, 0.2) is 18.2 Å². The fourth-order valence-electron chi connectivity index (χ4n) is 2.08. The fourth-order valence-corrected chi connectivity index (χ4v) is 2.26. The third-order valence-electron chi connectivity index (χ3n) is 3.35. The zero-order valence-electron chi connectivity index (χ0n) is 12.2. The molecule has 1 aromatic rings. The van der Waals surface area contributed by atoms with Gasteiger partial charge in [-0.3, -0.25) is 4.79 Å². The summed E-state index contributed by atoms with van der Waals surface area (Å²) in [7, 11) is 1.63. The second-order valence-electron chi connectivity index (χ2n) is 4.62. The lowest BCUT2D eigenvalue weighted by atomic mass is 9.91. The van der Waals surface area contributed by atoms with Crippen molar-refractivity contribution in [2.24, 2.45) is 0 Å². The molecule has 0 aliphatic heterocycles. The van der Waals surface area contributed by atoms with Crippen LogP contribution in [0, 0.1) is 0 Å². The van der Waals surface area contributed by atoms with Crippen molar-refractivity contribution < 1.29 is 14.3 Å². The average molecular weight is 300 g/mol. The van der Waals surface area contributed by atoms with Crippen LogP contribution in [0.2, 0.25) is 5.02 Å². The lowest BCUT2D eigenvalue weighted by Gasteiger charge is -2.23. The Morgan fingerprint density at radius 1 is 1.40 bits per heavy atom. The van der Waals surface area contributed by atoms with Gasteiger partial charge in [-0.1, -0.05) is 31.5 Å². The van der Waals surface area contributed by atoms with Gasteiger partial charge in [0.15, 0.2) is 0 Å². The van der Waals surface area contributed by atoms with E-state index in [9.17, 15) is 4.79 Å². The van der Waals surface area contributed by atoms with E-state index >= 15 is 0 Å². The van der Waals surface area contributed by atoms with Crippen molar-refractivity contribution in [1.82, 2.24) is 5.32 Å². The largest absolute Gasteiger partial charge is 0.490 e. The van der Waals surface area contributed by atoms with Gasteiger partial charge in [0.05, 0.1) is 11.6 Å². The third-order valence-corrected chi connectivity index (χ3v) is 3.66. The Labute approximate surface area is 125 Å². The van der Waals surface area contributed by atoms with Gasteiger partial charge in [-0.25, -0.2) is 0 Å². The summed E-state index contributed by atoms with van der Waals surface area (Å²) in [5.41, 5.74) is 1.09. The molecule has 4 nitrogen and oxygen atoms in total. The molecule has 0 heterocycles. The van der Waals surface area contributed by atoms with E-state index < -0.39 is 0 Å². The second kappa shape index (κ2) is 8.82. The van der Waals surface area contributed by atoms with Crippen LogP contribution >= 0.6 is 11.6 Å². The molecule has 0 aliphatic rings. The summed E-state index contributed by atoms with van der Waals surface area (Å²) in [4.78, 5) is 10.6. The number of amides is 1. The Morgan fingerprint density at radius 3 is 2.75 bits per heavy atom. The Hall–Kier alpha value is -1.26. The maximum absolute atomic E-state index is 10.6. The maximum atomic E-state index is 10.6. The molecule has 20 heavy (non-hydrogen) atoms. The molecule has 0 saturated carbocycles. The van der Waals surface area contributed by atoms with Gasteiger partial charge in [0.25, 0.3) is 0 Å². The maximum Gasteiger partial charge on any atom is 0.207 e. The number of benzene rings is 1. The summed E-state index contributed by atoms with van der Waals surface area (Å²) in [5.74, 6) is 0.835. The summed E-state index contributed by atoms with van der Waals surface area (Å²) in [5, 5.41) is 3.42. The van der Waals surface area contributed by atoms with Crippen LogP contribution in [-0.4, -0.2) is 32.8 Å². The predicted molar refractivity (Wildman–Crippen MR) is 80.5 cm³/mol. The van der Waals surface area contributed by atoms with Crippen LogP contribution in [0.1, 0.15) is 31.7 Å². The normalized spacial score (nSPS) is 13.6.